The lowest BCUT2D eigenvalue weighted by Crippen LogP contribution is -2.60. The van der Waals surface area contributed by atoms with Gasteiger partial charge in [-0.25, -0.2) is 22.2 Å². The van der Waals surface area contributed by atoms with Crippen LogP contribution in [-0.2, 0) is 29.2 Å². The average Bonchev–Trinajstić information content (AvgIpc) is 4.08. The summed E-state index contributed by atoms with van der Waals surface area (Å²) >= 11 is 0. The van der Waals surface area contributed by atoms with Gasteiger partial charge in [-0.2, -0.15) is 13.2 Å². The maximum absolute atomic E-state index is 14.9. The molecule has 5 aliphatic rings. The van der Waals surface area contributed by atoms with Crippen LogP contribution in [0.5, 0.6) is 11.6 Å². The topological polar surface area (TPSA) is 173 Å². The number of fused-ring (bicyclic) bond motifs is 3. The molecule has 1 aromatic carbocycles. The van der Waals surface area contributed by atoms with Crippen molar-refractivity contribution in [1.29, 1.82) is 0 Å². The zero-order chi connectivity index (χ0) is 42.0. The number of benzene rings is 1. The molecule has 0 bridgehead atoms. The number of aromatic nitrogens is 1. The van der Waals surface area contributed by atoms with Crippen molar-refractivity contribution in [3.8, 4) is 11.6 Å². The summed E-state index contributed by atoms with van der Waals surface area (Å²) in [5, 5.41) is 5.81. The Morgan fingerprint density at radius 1 is 1.09 bits per heavy atom. The van der Waals surface area contributed by atoms with Gasteiger partial charge in [0.15, 0.2) is 11.6 Å². The first-order chi connectivity index (χ1) is 27.3. The highest BCUT2D eigenvalue weighted by atomic mass is 32.2. The van der Waals surface area contributed by atoms with Crippen molar-refractivity contribution in [1.82, 2.24) is 25.2 Å². The van der Waals surface area contributed by atoms with E-state index in [0.29, 0.717) is 24.6 Å². The van der Waals surface area contributed by atoms with Crippen molar-refractivity contribution in [2.24, 2.45) is 23.2 Å². The van der Waals surface area contributed by atoms with Gasteiger partial charge in [-0.3, -0.25) is 23.9 Å². The lowest BCUT2D eigenvalue weighted by Gasteiger charge is -2.34. The highest BCUT2D eigenvalue weighted by Crippen LogP contribution is 2.58. The second-order valence-corrected chi connectivity index (χ2v) is 18.8. The molecule has 7 atom stereocenters. The fourth-order valence-electron chi connectivity index (χ4n) is 8.35. The fourth-order valence-corrected chi connectivity index (χ4v) is 9.78. The molecular weight excluding hydrogens is 794 g/mol. The second kappa shape index (κ2) is 14.9. The largest absolute Gasteiger partial charge is 0.494 e. The number of alkyl halides is 4. The Bertz CT molecular complexity index is 2140. The number of sulfonamides is 1. The summed E-state index contributed by atoms with van der Waals surface area (Å²) in [5.41, 5.74) is -4.44. The van der Waals surface area contributed by atoms with E-state index in [9.17, 15) is 49.5 Å². The van der Waals surface area contributed by atoms with Gasteiger partial charge in [-0.05, 0) is 86.8 Å². The van der Waals surface area contributed by atoms with Gasteiger partial charge in [-0.1, -0.05) is 26.0 Å². The molecule has 1 saturated heterocycles. The van der Waals surface area contributed by atoms with E-state index in [1.807, 2.05) is 11.6 Å². The van der Waals surface area contributed by atoms with Crippen LogP contribution in [0.3, 0.4) is 0 Å². The zero-order valence-corrected chi connectivity index (χ0v) is 33.0. The summed E-state index contributed by atoms with van der Waals surface area (Å²) in [6, 6.07) is 1.22. The van der Waals surface area contributed by atoms with Gasteiger partial charge in [0.1, 0.15) is 40.6 Å². The molecule has 4 fully saturated rings. The summed E-state index contributed by atoms with van der Waals surface area (Å²) in [6.07, 6.45) is -0.758. The SMILES string of the molecule is COc1cc2ccnc(O[C@@H]3C[C@H]4C(=O)NC5(C(=O)NS(=O)(=O)C6(CF)CC6)CC5/C=C\CC[C@@H](C)C[C@@H](C)[C@H](NC(=O)C5(C(F)(F)F)CC5)C(=O)N4C3)c2cc1F. The third-order valence-corrected chi connectivity index (χ3v) is 14.7. The van der Waals surface area contributed by atoms with Crippen LogP contribution in [0.2, 0.25) is 0 Å². The number of amides is 4. The Morgan fingerprint density at radius 2 is 1.81 bits per heavy atom. The third kappa shape index (κ3) is 7.46. The van der Waals surface area contributed by atoms with Crippen molar-refractivity contribution in [3.05, 3.63) is 42.4 Å². The standard InChI is InChI=1S/C39H46F5N5O8S/c1-21-6-4-5-7-24-18-38(24,35(53)48-58(54,55)36(20-40)9-10-36)47-31(50)28-16-25(57-32-26-17-27(41)29(56-3)15-23(26)8-13-45-32)19-49(28)33(51)30(22(2)14-21)46-34(52)37(11-12-37)39(42,43)44/h5,7-8,13,15,17,21-22,24-25,28,30H,4,6,9-12,14,16,18-20H2,1-3H3,(H,46,52)(H,47,50)(H,48,53)/b7-5-/t21-,22-,24?,25-,28+,30+,38?/m1/s1. The van der Waals surface area contributed by atoms with Crippen LogP contribution in [0.4, 0.5) is 22.0 Å². The summed E-state index contributed by atoms with van der Waals surface area (Å²) in [7, 11) is -3.18. The number of halogens is 5. The maximum atomic E-state index is 14.9. The van der Waals surface area contributed by atoms with Crippen LogP contribution in [0, 0.1) is 29.0 Å². The first-order valence-electron chi connectivity index (χ1n) is 19.4. The van der Waals surface area contributed by atoms with Gasteiger partial charge >= 0.3 is 6.18 Å². The number of nitrogens with zero attached hydrogens (tertiary/aromatic N) is 2. The van der Waals surface area contributed by atoms with Crippen molar-refractivity contribution < 1.29 is 59.0 Å². The smallest absolute Gasteiger partial charge is 0.403 e. The number of hydrogen-bond acceptors (Lipinski definition) is 9. The molecule has 3 N–H and O–H groups in total. The van der Waals surface area contributed by atoms with E-state index in [-0.39, 0.29) is 55.2 Å². The Balaban J connectivity index is 1.24. The first-order valence-corrected chi connectivity index (χ1v) is 20.9. The van der Waals surface area contributed by atoms with E-state index < -0.39 is 111 Å². The molecule has 7 rings (SSSR count). The molecule has 13 nitrogen and oxygen atoms in total. The molecule has 0 radical (unpaired) electrons. The lowest BCUT2D eigenvalue weighted by molar-refractivity contribution is -0.193. The number of hydrogen-bond donors (Lipinski definition) is 3. The van der Waals surface area contributed by atoms with Gasteiger partial charge in [-0.15, -0.1) is 0 Å². The van der Waals surface area contributed by atoms with E-state index in [1.54, 1.807) is 25.1 Å². The Hall–Kier alpha value is -4.55. The molecule has 3 heterocycles. The summed E-state index contributed by atoms with van der Waals surface area (Å²) < 4.78 is 109. The van der Waals surface area contributed by atoms with Crippen molar-refractivity contribution >= 4 is 44.4 Å². The zero-order valence-electron chi connectivity index (χ0n) is 32.2. The summed E-state index contributed by atoms with van der Waals surface area (Å²) in [4.78, 5) is 61.8. The molecule has 3 aliphatic carbocycles. The summed E-state index contributed by atoms with van der Waals surface area (Å²) in [6.45, 7) is 2.00. The molecule has 4 amide bonds. The van der Waals surface area contributed by atoms with Crippen molar-refractivity contribution in [2.45, 2.75) is 106 Å². The van der Waals surface area contributed by atoms with Crippen molar-refractivity contribution in [3.63, 3.8) is 0 Å². The van der Waals surface area contributed by atoms with E-state index >= 15 is 0 Å². The molecule has 2 aliphatic heterocycles. The van der Waals surface area contributed by atoms with E-state index in [2.05, 4.69) is 15.6 Å². The number of carbonyl (C=O) groups excluding carboxylic acids is 4. The number of nitrogens with one attached hydrogen (secondary N) is 3. The predicted molar refractivity (Wildman–Crippen MR) is 198 cm³/mol. The fraction of sp³-hybridized carbons (Fsp3) is 0.615. The third-order valence-electron chi connectivity index (χ3n) is 12.6. The van der Waals surface area contributed by atoms with Crippen LogP contribution < -0.4 is 24.8 Å². The number of pyridine rings is 1. The normalized spacial score (nSPS) is 31.1. The van der Waals surface area contributed by atoms with Crippen LogP contribution in [0.25, 0.3) is 10.8 Å². The number of rotatable bonds is 9. The highest BCUT2D eigenvalue weighted by molar-refractivity contribution is 7.91. The van der Waals surface area contributed by atoms with Crippen LogP contribution in [0.15, 0.2) is 36.5 Å². The summed E-state index contributed by atoms with van der Waals surface area (Å²) in [5.74, 6) is -6.44. The van der Waals surface area contributed by atoms with Gasteiger partial charge in [0.2, 0.25) is 33.6 Å². The quantitative estimate of drug-likeness (QED) is 0.245. The van der Waals surface area contributed by atoms with Gasteiger partial charge in [0.05, 0.1) is 13.7 Å². The minimum Gasteiger partial charge on any atom is -0.494 e. The van der Waals surface area contributed by atoms with Crippen LogP contribution in [-0.4, -0.2) is 96.9 Å². The lowest BCUT2D eigenvalue weighted by atomic mass is 9.87. The highest BCUT2D eigenvalue weighted by Gasteiger charge is 2.69. The van der Waals surface area contributed by atoms with E-state index in [1.165, 1.54) is 19.4 Å². The van der Waals surface area contributed by atoms with E-state index in [4.69, 9.17) is 9.47 Å². The minimum absolute atomic E-state index is 0.0134. The molecular formula is C39H46F5N5O8S. The first kappa shape index (κ1) is 41.6. The Kier molecular flexibility index (Phi) is 10.7. The molecule has 2 aromatic rings. The van der Waals surface area contributed by atoms with Crippen LogP contribution >= 0.6 is 0 Å². The van der Waals surface area contributed by atoms with Crippen molar-refractivity contribution in [2.75, 3.05) is 20.3 Å². The maximum Gasteiger partial charge on any atom is 0.403 e. The van der Waals surface area contributed by atoms with Gasteiger partial charge < -0.3 is 25.0 Å². The monoisotopic (exact) mass is 839 g/mol. The van der Waals surface area contributed by atoms with E-state index in [0.717, 1.165) is 11.0 Å². The second-order valence-electron chi connectivity index (χ2n) is 16.7. The number of ether oxygens (including phenoxy) is 2. The number of methoxy groups -OCH3 is 1. The molecule has 2 unspecified atom stereocenters. The van der Waals surface area contributed by atoms with Gasteiger partial charge in [0.25, 0.3) is 5.91 Å². The molecule has 3 saturated carbocycles. The minimum atomic E-state index is -4.86. The average molecular weight is 840 g/mol. The van der Waals surface area contributed by atoms with Gasteiger partial charge in [0, 0.05) is 23.9 Å². The molecule has 1 aromatic heterocycles. The Morgan fingerprint density at radius 3 is 2.45 bits per heavy atom. The number of allylic oxidation sites excluding steroid dienone is 1. The molecule has 0 spiro atoms. The number of carbonyl (C=O) groups is 4. The molecule has 316 valence electrons. The Labute approximate surface area is 331 Å². The van der Waals surface area contributed by atoms with Crippen LogP contribution in [0.1, 0.15) is 71.6 Å². The molecule has 58 heavy (non-hydrogen) atoms. The molecule has 19 heteroatoms. The predicted octanol–water partition coefficient (Wildman–Crippen LogP) is 4.39.